The van der Waals surface area contributed by atoms with E-state index in [1.165, 1.54) is 32.1 Å². The van der Waals surface area contributed by atoms with Gasteiger partial charge in [-0.2, -0.15) is 0 Å². The minimum Gasteiger partial charge on any atom is -0.462 e. The van der Waals surface area contributed by atoms with Crippen LogP contribution in [0.5, 0.6) is 0 Å². The average molecular weight is 488 g/mol. The highest BCUT2D eigenvalue weighted by atomic mass is 16.5. The minimum absolute atomic E-state index is 0.0359. The maximum absolute atomic E-state index is 13.1. The molecule has 0 amide bonds. The number of hydrogen-bond donors (Lipinski definition) is 1. The van der Waals surface area contributed by atoms with E-state index in [9.17, 15) is 14.4 Å². The zero-order valence-electron chi connectivity index (χ0n) is 23.0. The number of rotatable bonds is 7. The van der Waals surface area contributed by atoms with Crippen molar-refractivity contribution in [1.29, 1.82) is 0 Å². The molecule has 1 unspecified atom stereocenters. The lowest BCUT2D eigenvalue weighted by atomic mass is 9.44. The molecule has 5 heteroatoms. The topological polar surface area (TPSA) is 86.5 Å². The van der Waals surface area contributed by atoms with Crippen LogP contribution in [0.3, 0.4) is 0 Å². The second-order valence-electron chi connectivity index (χ2n) is 13.6. The van der Waals surface area contributed by atoms with E-state index in [0.29, 0.717) is 23.0 Å². The highest BCUT2D eigenvalue weighted by Gasteiger charge is 2.61. The molecule has 0 saturated heterocycles. The lowest BCUT2D eigenvalue weighted by molar-refractivity contribution is -0.169. The molecule has 0 aromatic heterocycles. The standard InChI is InChI=1S/C30H49NO4/c1-17(2)23(16-27(33)18(3)31)28(34)35-21-11-13-29(5)20(15-21)7-8-22-25-10-9-24(19(4)32)30(25,6)14-12-26(22)29/h17-18,20-26H,7-16,31H2,1-6H3/t18?,20-,21+,22-,23-,24+,25-,26-,29-,30+/m0/s1. The summed E-state index contributed by atoms with van der Waals surface area (Å²) in [6, 6.07) is -0.544. The second-order valence-corrected chi connectivity index (χ2v) is 13.6. The number of ether oxygens (including phenoxy) is 1. The Hall–Kier alpha value is -1.23. The molecule has 0 spiro atoms. The van der Waals surface area contributed by atoms with E-state index >= 15 is 0 Å². The summed E-state index contributed by atoms with van der Waals surface area (Å²) in [5.41, 5.74) is 6.27. The minimum atomic E-state index is -0.544. The summed E-state index contributed by atoms with van der Waals surface area (Å²) >= 11 is 0. The molecule has 0 aromatic rings. The van der Waals surface area contributed by atoms with Gasteiger partial charge < -0.3 is 10.5 Å². The summed E-state index contributed by atoms with van der Waals surface area (Å²) in [7, 11) is 0. The van der Waals surface area contributed by atoms with Crippen molar-refractivity contribution >= 4 is 17.5 Å². The highest BCUT2D eigenvalue weighted by molar-refractivity contribution is 5.87. The monoisotopic (exact) mass is 487 g/mol. The predicted octanol–water partition coefficient (Wildman–Crippen LogP) is 5.72. The predicted molar refractivity (Wildman–Crippen MR) is 137 cm³/mol. The number of nitrogens with two attached hydrogens (primary N) is 1. The number of carbonyl (C=O) groups excluding carboxylic acids is 3. The van der Waals surface area contributed by atoms with Gasteiger partial charge in [-0.3, -0.25) is 14.4 Å². The molecule has 4 aliphatic carbocycles. The van der Waals surface area contributed by atoms with E-state index in [1.54, 1.807) is 6.92 Å². The fourth-order valence-electron chi connectivity index (χ4n) is 9.24. The summed E-state index contributed by atoms with van der Waals surface area (Å²) in [6.45, 7) is 12.4. The zero-order valence-corrected chi connectivity index (χ0v) is 23.0. The third kappa shape index (κ3) is 4.76. The lowest BCUT2D eigenvalue weighted by Crippen LogP contribution is -2.54. The first-order chi connectivity index (χ1) is 16.4. The van der Waals surface area contributed by atoms with Crippen molar-refractivity contribution in [2.45, 2.75) is 118 Å². The first kappa shape index (κ1) is 26.8. The van der Waals surface area contributed by atoms with Gasteiger partial charge in [0.2, 0.25) is 0 Å². The van der Waals surface area contributed by atoms with Crippen LogP contribution in [0, 0.1) is 52.3 Å². The summed E-state index contributed by atoms with van der Waals surface area (Å²) in [4.78, 5) is 37.7. The van der Waals surface area contributed by atoms with Gasteiger partial charge in [0.15, 0.2) is 0 Å². The maximum atomic E-state index is 13.1. The van der Waals surface area contributed by atoms with Crippen LogP contribution in [0.15, 0.2) is 0 Å². The van der Waals surface area contributed by atoms with Crippen LogP contribution in [0.25, 0.3) is 0 Å². The molecule has 4 rings (SSSR count). The van der Waals surface area contributed by atoms with E-state index in [2.05, 4.69) is 13.8 Å². The molecule has 4 saturated carbocycles. The number of Topliss-reactive ketones (excluding diaryl/α,β-unsaturated/α-hetero) is 2. The number of hydrogen-bond acceptors (Lipinski definition) is 5. The first-order valence-electron chi connectivity index (χ1n) is 14.4. The molecule has 10 atom stereocenters. The third-order valence-corrected chi connectivity index (χ3v) is 11.4. The Morgan fingerprint density at radius 3 is 2.20 bits per heavy atom. The van der Waals surface area contributed by atoms with Crippen LogP contribution in [-0.4, -0.2) is 29.7 Å². The van der Waals surface area contributed by atoms with Gasteiger partial charge in [0.05, 0.1) is 12.0 Å². The molecule has 0 aromatic carbocycles. The van der Waals surface area contributed by atoms with Crippen LogP contribution in [-0.2, 0) is 19.1 Å². The van der Waals surface area contributed by atoms with Crippen LogP contribution in [0.2, 0.25) is 0 Å². The Bertz CT molecular complexity index is 836. The van der Waals surface area contributed by atoms with E-state index < -0.39 is 12.0 Å². The Kier molecular flexibility index (Phi) is 7.60. The van der Waals surface area contributed by atoms with Crippen molar-refractivity contribution in [2.24, 2.45) is 58.0 Å². The van der Waals surface area contributed by atoms with Crippen LogP contribution in [0.4, 0.5) is 0 Å². The summed E-state index contributed by atoms with van der Waals surface area (Å²) < 4.78 is 6.08. The summed E-state index contributed by atoms with van der Waals surface area (Å²) in [6.07, 6.45) is 10.3. The van der Waals surface area contributed by atoms with E-state index in [4.69, 9.17) is 10.5 Å². The number of carbonyl (C=O) groups is 3. The van der Waals surface area contributed by atoms with Crippen molar-refractivity contribution in [1.82, 2.24) is 0 Å². The Balaban J connectivity index is 1.41. The normalized spacial score (nSPS) is 42.4. The van der Waals surface area contributed by atoms with Gasteiger partial charge in [-0.25, -0.2) is 0 Å². The molecule has 198 valence electrons. The average Bonchev–Trinajstić information content (AvgIpc) is 3.14. The van der Waals surface area contributed by atoms with Crippen molar-refractivity contribution < 1.29 is 19.1 Å². The smallest absolute Gasteiger partial charge is 0.309 e. The second kappa shape index (κ2) is 9.91. The SMILES string of the molecule is CC(=O)[C@H]1CC[C@H]2[C@@H]3CC[C@H]4C[C@H](OC(=O)[C@@H](CC(=O)C(C)N)C(C)C)CC[C@]4(C)[C@H]3CC[C@]12C. The molecular weight excluding hydrogens is 438 g/mol. The Morgan fingerprint density at radius 2 is 1.57 bits per heavy atom. The molecule has 0 heterocycles. The van der Waals surface area contributed by atoms with E-state index in [1.807, 2.05) is 20.8 Å². The number of fused-ring (bicyclic) bond motifs is 5. The van der Waals surface area contributed by atoms with Gasteiger partial charge in [-0.1, -0.05) is 27.7 Å². The highest BCUT2D eigenvalue weighted by Crippen LogP contribution is 2.67. The molecule has 0 aliphatic heterocycles. The number of esters is 1. The van der Waals surface area contributed by atoms with Gasteiger partial charge in [0.25, 0.3) is 0 Å². The van der Waals surface area contributed by atoms with E-state index in [-0.39, 0.29) is 41.5 Å². The van der Waals surface area contributed by atoms with Gasteiger partial charge in [0, 0.05) is 12.3 Å². The zero-order chi connectivity index (χ0) is 25.7. The lowest BCUT2D eigenvalue weighted by Gasteiger charge is -2.61. The van der Waals surface area contributed by atoms with Crippen molar-refractivity contribution in [3.8, 4) is 0 Å². The maximum Gasteiger partial charge on any atom is 0.309 e. The first-order valence-corrected chi connectivity index (χ1v) is 14.4. The molecule has 0 bridgehead atoms. The third-order valence-electron chi connectivity index (χ3n) is 11.4. The van der Waals surface area contributed by atoms with Crippen molar-refractivity contribution in [3.63, 3.8) is 0 Å². The molecule has 35 heavy (non-hydrogen) atoms. The van der Waals surface area contributed by atoms with Crippen molar-refractivity contribution in [2.75, 3.05) is 0 Å². The fourth-order valence-corrected chi connectivity index (χ4v) is 9.24. The van der Waals surface area contributed by atoms with Gasteiger partial charge in [0.1, 0.15) is 17.7 Å². The molecule has 5 nitrogen and oxygen atoms in total. The molecular formula is C30H49NO4. The summed E-state index contributed by atoms with van der Waals surface area (Å²) in [5.74, 6) is 2.77. The molecule has 0 radical (unpaired) electrons. The molecule has 4 aliphatic rings. The van der Waals surface area contributed by atoms with E-state index in [0.717, 1.165) is 37.5 Å². The Morgan fingerprint density at radius 1 is 0.914 bits per heavy atom. The largest absolute Gasteiger partial charge is 0.462 e. The summed E-state index contributed by atoms with van der Waals surface area (Å²) in [5, 5.41) is 0. The molecule has 4 fully saturated rings. The quantitative estimate of drug-likeness (QED) is 0.464. The van der Waals surface area contributed by atoms with Gasteiger partial charge in [-0.15, -0.1) is 0 Å². The fraction of sp³-hybridized carbons (Fsp3) is 0.900. The molecule has 2 N–H and O–H groups in total. The van der Waals surface area contributed by atoms with Crippen LogP contribution < -0.4 is 5.73 Å². The van der Waals surface area contributed by atoms with Crippen LogP contribution >= 0.6 is 0 Å². The van der Waals surface area contributed by atoms with Gasteiger partial charge in [-0.05, 0) is 112 Å². The van der Waals surface area contributed by atoms with Gasteiger partial charge >= 0.3 is 5.97 Å². The van der Waals surface area contributed by atoms with Crippen LogP contribution in [0.1, 0.15) is 106 Å². The van der Waals surface area contributed by atoms with Crippen molar-refractivity contribution in [3.05, 3.63) is 0 Å². The Labute approximate surface area is 212 Å². The number of ketones is 2.